The lowest BCUT2D eigenvalue weighted by Gasteiger charge is -2.14. The molecule has 5 nitrogen and oxygen atoms in total. The van der Waals surface area contributed by atoms with E-state index >= 15 is 0 Å². The molecular weight excluding hydrogens is 240 g/mol. The van der Waals surface area contributed by atoms with Crippen LogP contribution < -0.4 is 10.6 Å². The zero-order valence-corrected chi connectivity index (χ0v) is 11.0. The molecule has 1 aliphatic heterocycles. The van der Waals surface area contributed by atoms with E-state index in [4.69, 9.17) is 4.42 Å². The zero-order chi connectivity index (χ0) is 13.1. The van der Waals surface area contributed by atoms with E-state index in [1.54, 1.807) is 0 Å². The highest BCUT2D eigenvalue weighted by molar-refractivity contribution is 5.62. The van der Waals surface area contributed by atoms with Crippen molar-refractivity contribution in [2.24, 2.45) is 0 Å². The summed E-state index contributed by atoms with van der Waals surface area (Å²) in [5.74, 6) is 0.562. The molecule has 0 bridgehead atoms. The van der Waals surface area contributed by atoms with Gasteiger partial charge < -0.3 is 15.1 Å². The minimum atomic E-state index is 0.562. The standard InChI is InChI=1S/C14H18N4O/c1-10-7-11(14-18-17-9-19-14)4-5-13(10)16-8-12-3-2-6-15-12/h4-5,7,9,12,15-16H,2-3,6,8H2,1H3. The Morgan fingerprint density at radius 2 is 2.42 bits per heavy atom. The third-order valence-corrected chi connectivity index (χ3v) is 3.53. The van der Waals surface area contributed by atoms with Crippen LogP contribution in [0.3, 0.4) is 0 Å². The van der Waals surface area contributed by atoms with Crippen LogP contribution in [0, 0.1) is 6.92 Å². The Kier molecular flexibility index (Phi) is 3.46. The summed E-state index contributed by atoms with van der Waals surface area (Å²) in [4.78, 5) is 0. The quantitative estimate of drug-likeness (QED) is 0.880. The number of hydrogen-bond acceptors (Lipinski definition) is 5. The molecule has 0 amide bonds. The van der Waals surface area contributed by atoms with E-state index in [1.807, 2.05) is 6.07 Å². The molecule has 1 saturated heterocycles. The molecule has 1 atom stereocenters. The van der Waals surface area contributed by atoms with Gasteiger partial charge in [0.1, 0.15) is 0 Å². The second-order valence-electron chi connectivity index (χ2n) is 4.95. The van der Waals surface area contributed by atoms with Crippen LogP contribution in [0.5, 0.6) is 0 Å². The van der Waals surface area contributed by atoms with Gasteiger partial charge in [0.2, 0.25) is 12.3 Å². The smallest absolute Gasteiger partial charge is 0.247 e. The molecule has 2 heterocycles. The van der Waals surface area contributed by atoms with Gasteiger partial charge in [-0.25, -0.2) is 0 Å². The van der Waals surface area contributed by atoms with E-state index in [9.17, 15) is 0 Å². The first kappa shape index (κ1) is 12.2. The summed E-state index contributed by atoms with van der Waals surface area (Å²) in [7, 11) is 0. The predicted octanol–water partition coefficient (Wildman–Crippen LogP) is 2.21. The fraction of sp³-hybridized carbons (Fsp3) is 0.429. The number of hydrogen-bond donors (Lipinski definition) is 2. The fourth-order valence-electron chi connectivity index (χ4n) is 2.46. The second-order valence-corrected chi connectivity index (χ2v) is 4.95. The maximum atomic E-state index is 5.20. The first-order chi connectivity index (χ1) is 9.33. The maximum absolute atomic E-state index is 5.20. The highest BCUT2D eigenvalue weighted by Crippen LogP contribution is 2.23. The summed E-state index contributed by atoms with van der Waals surface area (Å²) in [5, 5.41) is 14.6. The fourth-order valence-corrected chi connectivity index (χ4v) is 2.46. The van der Waals surface area contributed by atoms with Gasteiger partial charge in [-0.15, -0.1) is 10.2 Å². The number of aromatic nitrogens is 2. The Bertz CT molecular complexity index is 532. The van der Waals surface area contributed by atoms with E-state index in [-0.39, 0.29) is 0 Å². The Hall–Kier alpha value is -1.88. The first-order valence-electron chi connectivity index (χ1n) is 6.67. The van der Waals surface area contributed by atoms with Crippen LogP contribution >= 0.6 is 0 Å². The summed E-state index contributed by atoms with van der Waals surface area (Å²) >= 11 is 0. The summed E-state index contributed by atoms with van der Waals surface area (Å²) < 4.78 is 5.20. The lowest BCUT2D eigenvalue weighted by molar-refractivity contribution is 0.568. The van der Waals surface area contributed by atoms with Crippen molar-refractivity contribution in [2.45, 2.75) is 25.8 Å². The van der Waals surface area contributed by atoms with Gasteiger partial charge >= 0.3 is 0 Å². The second kappa shape index (κ2) is 5.40. The van der Waals surface area contributed by atoms with Crippen molar-refractivity contribution in [3.63, 3.8) is 0 Å². The average Bonchev–Trinajstić information content (AvgIpc) is 3.10. The molecule has 0 radical (unpaired) electrons. The van der Waals surface area contributed by atoms with Gasteiger partial charge in [0.25, 0.3) is 0 Å². The highest BCUT2D eigenvalue weighted by atomic mass is 16.4. The molecule has 100 valence electrons. The first-order valence-corrected chi connectivity index (χ1v) is 6.67. The molecule has 0 aliphatic carbocycles. The molecule has 0 saturated carbocycles. The van der Waals surface area contributed by atoms with E-state index < -0.39 is 0 Å². The van der Waals surface area contributed by atoms with Crippen LogP contribution in [0.25, 0.3) is 11.5 Å². The maximum Gasteiger partial charge on any atom is 0.247 e. The van der Waals surface area contributed by atoms with Gasteiger partial charge in [-0.3, -0.25) is 0 Å². The Morgan fingerprint density at radius 3 is 3.11 bits per heavy atom. The summed E-state index contributed by atoms with van der Waals surface area (Å²) in [6.07, 6.45) is 3.89. The molecule has 19 heavy (non-hydrogen) atoms. The van der Waals surface area contributed by atoms with Crippen molar-refractivity contribution in [2.75, 3.05) is 18.4 Å². The third-order valence-electron chi connectivity index (χ3n) is 3.53. The van der Waals surface area contributed by atoms with Gasteiger partial charge in [0.15, 0.2) is 0 Å². The average molecular weight is 258 g/mol. The minimum absolute atomic E-state index is 0.562. The van der Waals surface area contributed by atoms with Gasteiger partial charge in [-0.2, -0.15) is 0 Å². The van der Waals surface area contributed by atoms with E-state index in [0.717, 1.165) is 24.3 Å². The van der Waals surface area contributed by atoms with Crippen LogP contribution in [0.1, 0.15) is 18.4 Å². The van der Waals surface area contributed by atoms with Crippen molar-refractivity contribution in [3.05, 3.63) is 30.2 Å². The Morgan fingerprint density at radius 1 is 1.47 bits per heavy atom. The van der Waals surface area contributed by atoms with Crippen molar-refractivity contribution >= 4 is 5.69 Å². The van der Waals surface area contributed by atoms with Crippen LogP contribution in [-0.2, 0) is 0 Å². The normalized spacial score (nSPS) is 18.7. The van der Waals surface area contributed by atoms with Crippen LogP contribution in [0.15, 0.2) is 29.0 Å². The van der Waals surface area contributed by atoms with Gasteiger partial charge in [0.05, 0.1) is 0 Å². The molecular formula is C14H18N4O. The van der Waals surface area contributed by atoms with Crippen molar-refractivity contribution in [1.29, 1.82) is 0 Å². The monoisotopic (exact) mass is 258 g/mol. The number of anilines is 1. The lowest BCUT2D eigenvalue weighted by Crippen LogP contribution is -2.29. The third kappa shape index (κ3) is 2.76. The Labute approximate surface area is 112 Å². The van der Waals surface area contributed by atoms with E-state index in [1.165, 1.54) is 24.8 Å². The zero-order valence-electron chi connectivity index (χ0n) is 11.0. The Balaban J connectivity index is 1.69. The number of benzene rings is 1. The lowest BCUT2D eigenvalue weighted by atomic mass is 10.1. The predicted molar refractivity (Wildman–Crippen MR) is 74.0 cm³/mol. The van der Waals surface area contributed by atoms with Gasteiger partial charge in [-0.1, -0.05) is 0 Å². The highest BCUT2D eigenvalue weighted by Gasteiger charge is 2.14. The van der Waals surface area contributed by atoms with E-state index in [0.29, 0.717) is 11.9 Å². The molecule has 2 aromatic rings. The molecule has 1 fully saturated rings. The summed E-state index contributed by atoms with van der Waals surface area (Å²) in [6.45, 7) is 4.20. The van der Waals surface area contributed by atoms with Crippen molar-refractivity contribution in [3.8, 4) is 11.5 Å². The molecule has 1 aromatic carbocycles. The van der Waals surface area contributed by atoms with Crippen LogP contribution in [0.2, 0.25) is 0 Å². The summed E-state index contributed by atoms with van der Waals surface area (Å²) in [5.41, 5.74) is 3.31. The topological polar surface area (TPSA) is 63.0 Å². The molecule has 1 aromatic heterocycles. The largest absolute Gasteiger partial charge is 0.423 e. The van der Waals surface area contributed by atoms with Gasteiger partial charge in [-0.05, 0) is 50.1 Å². The van der Waals surface area contributed by atoms with Crippen molar-refractivity contribution < 1.29 is 4.42 Å². The number of nitrogens with one attached hydrogen (secondary N) is 2. The number of aryl methyl sites for hydroxylation is 1. The number of nitrogens with zero attached hydrogens (tertiary/aromatic N) is 2. The molecule has 1 unspecified atom stereocenters. The minimum Gasteiger partial charge on any atom is -0.423 e. The molecule has 2 N–H and O–H groups in total. The SMILES string of the molecule is Cc1cc(-c2nnco2)ccc1NCC1CCCN1. The van der Waals surface area contributed by atoms with Crippen LogP contribution in [0.4, 0.5) is 5.69 Å². The molecule has 1 aliphatic rings. The van der Waals surface area contributed by atoms with Gasteiger partial charge in [0, 0.05) is 23.8 Å². The molecule has 3 rings (SSSR count). The number of rotatable bonds is 4. The van der Waals surface area contributed by atoms with Crippen LogP contribution in [-0.4, -0.2) is 29.3 Å². The van der Waals surface area contributed by atoms with Crippen molar-refractivity contribution in [1.82, 2.24) is 15.5 Å². The summed E-state index contributed by atoms with van der Waals surface area (Å²) in [6, 6.07) is 6.74. The van der Waals surface area contributed by atoms with E-state index in [2.05, 4.69) is 39.9 Å². The molecule has 5 heteroatoms. The molecule has 0 spiro atoms.